The fourth-order valence-electron chi connectivity index (χ4n) is 2.80. The molecule has 2 aromatic carbocycles. The van der Waals surface area contributed by atoms with Crippen molar-refractivity contribution in [2.45, 2.75) is 26.0 Å². The fraction of sp³-hybridized carbons (Fsp3) is 0.292. The van der Waals surface area contributed by atoms with Gasteiger partial charge in [0.1, 0.15) is 12.4 Å². The minimum atomic E-state index is -0.551. The van der Waals surface area contributed by atoms with Crippen LogP contribution in [0, 0.1) is 0 Å². The fourth-order valence-corrected chi connectivity index (χ4v) is 3.78. The number of esters is 3. The van der Waals surface area contributed by atoms with Crippen LogP contribution in [0.15, 0.2) is 48.5 Å². The maximum absolute atomic E-state index is 11.6. The second-order valence-electron chi connectivity index (χ2n) is 6.63. The van der Waals surface area contributed by atoms with E-state index in [0.29, 0.717) is 17.1 Å². The average molecular weight is 459 g/mol. The van der Waals surface area contributed by atoms with Crippen LogP contribution < -0.4 is 14.2 Å². The Morgan fingerprint density at radius 1 is 0.906 bits per heavy atom. The van der Waals surface area contributed by atoms with E-state index < -0.39 is 11.9 Å². The molecule has 0 amide bonds. The highest BCUT2D eigenvalue weighted by Crippen LogP contribution is 2.43. The largest absolute Gasteiger partial charge is 0.496 e. The molecule has 0 bridgehead atoms. The molecule has 0 N–H and O–H groups in total. The summed E-state index contributed by atoms with van der Waals surface area (Å²) >= 11 is 1.52. The SMILES string of the molecule is COc1cc(OC(C)=O)c(OC(C)=O)cc1C(/C=C/c1ccccc1)SCCOC(C)=O. The van der Waals surface area contributed by atoms with Gasteiger partial charge in [-0.2, -0.15) is 0 Å². The summed E-state index contributed by atoms with van der Waals surface area (Å²) in [5.41, 5.74) is 1.72. The Labute approximate surface area is 191 Å². The van der Waals surface area contributed by atoms with Crippen molar-refractivity contribution < 1.29 is 33.3 Å². The van der Waals surface area contributed by atoms with Crippen molar-refractivity contribution in [3.63, 3.8) is 0 Å². The molecule has 0 aliphatic heterocycles. The predicted molar refractivity (Wildman–Crippen MR) is 123 cm³/mol. The van der Waals surface area contributed by atoms with E-state index in [1.54, 1.807) is 6.07 Å². The number of carbonyl (C=O) groups is 3. The zero-order chi connectivity index (χ0) is 23.5. The number of rotatable bonds is 10. The number of hydrogen-bond donors (Lipinski definition) is 0. The molecule has 170 valence electrons. The highest BCUT2D eigenvalue weighted by Gasteiger charge is 2.21. The molecule has 1 unspecified atom stereocenters. The number of hydrogen-bond acceptors (Lipinski definition) is 8. The van der Waals surface area contributed by atoms with Crippen molar-refractivity contribution in [3.8, 4) is 17.2 Å². The summed E-state index contributed by atoms with van der Waals surface area (Å²) in [7, 11) is 1.50. The molecule has 0 radical (unpaired) electrons. The third-order valence-electron chi connectivity index (χ3n) is 4.06. The second-order valence-corrected chi connectivity index (χ2v) is 7.88. The molecule has 0 aliphatic rings. The van der Waals surface area contributed by atoms with Gasteiger partial charge in [-0.1, -0.05) is 42.5 Å². The van der Waals surface area contributed by atoms with E-state index in [9.17, 15) is 14.4 Å². The molecule has 0 aromatic heterocycles. The van der Waals surface area contributed by atoms with Crippen molar-refractivity contribution in [1.82, 2.24) is 0 Å². The van der Waals surface area contributed by atoms with Crippen LogP contribution in [-0.2, 0) is 19.1 Å². The maximum atomic E-state index is 11.6. The zero-order valence-corrected chi connectivity index (χ0v) is 19.3. The molecule has 2 aromatic rings. The molecule has 7 nitrogen and oxygen atoms in total. The summed E-state index contributed by atoms with van der Waals surface area (Å²) in [6.07, 6.45) is 3.95. The summed E-state index contributed by atoms with van der Waals surface area (Å²) in [5, 5.41) is -0.235. The van der Waals surface area contributed by atoms with Gasteiger partial charge in [-0.15, -0.1) is 11.8 Å². The molecule has 0 spiro atoms. The molecule has 0 saturated carbocycles. The number of methoxy groups -OCH3 is 1. The summed E-state index contributed by atoms with van der Waals surface area (Å²) < 4.78 is 21.1. The Morgan fingerprint density at radius 2 is 1.53 bits per heavy atom. The Balaban J connectivity index is 2.45. The lowest BCUT2D eigenvalue weighted by atomic mass is 10.1. The van der Waals surface area contributed by atoms with Gasteiger partial charge in [0, 0.05) is 38.2 Å². The minimum Gasteiger partial charge on any atom is -0.496 e. The van der Waals surface area contributed by atoms with Crippen LogP contribution in [0.4, 0.5) is 0 Å². The highest BCUT2D eigenvalue weighted by atomic mass is 32.2. The first-order chi connectivity index (χ1) is 15.3. The Bertz CT molecular complexity index is 970. The van der Waals surface area contributed by atoms with Crippen LogP contribution in [0.2, 0.25) is 0 Å². The smallest absolute Gasteiger partial charge is 0.308 e. The van der Waals surface area contributed by atoms with E-state index in [0.717, 1.165) is 5.56 Å². The van der Waals surface area contributed by atoms with Gasteiger partial charge in [-0.3, -0.25) is 14.4 Å². The number of thioether (sulfide) groups is 1. The Kier molecular flexibility index (Phi) is 9.81. The number of benzene rings is 2. The first-order valence-electron chi connectivity index (χ1n) is 9.87. The normalized spacial score (nSPS) is 11.6. The summed E-state index contributed by atoms with van der Waals surface area (Å²) in [4.78, 5) is 34.2. The molecular formula is C24H26O7S. The van der Waals surface area contributed by atoms with Crippen LogP contribution in [0.3, 0.4) is 0 Å². The van der Waals surface area contributed by atoms with E-state index in [1.165, 1.54) is 45.7 Å². The molecule has 0 fully saturated rings. The van der Waals surface area contributed by atoms with Gasteiger partial charge in [0.2, 0.25) is 0 Å². The molecule has 32 heavy (non-hydrogen) atoms. The van der Waals surface area contributed by atoms with Crippen LogP contribution in [-0.4, -0.2) is 37.4 Å². The topological polar surface area (TPSA) is 88.1 Å². The van der Waals surface area contributed by atoms with E-state index in [2.05, 4.69) is 0 Å². The van der Waals surface area contributed by atoms with Crippen molar-refractivity contribution in [2.24, 2.45) is 0 Å². The quantitative estimate of drug-likeness (QED) is 0.290. The number of carbonyl (C=O) groups excluding carboxylic acids is 3. The van der Waals surface area contributed by atoms with E-state index in [4.69, 9.17) is 18.9 Å². The van der Waals surface area contributed by atoms with Crippen LogP contribution >= 0.6 is 11.8 Å². The van der Waals surface area contributed by atoms with Crippen LogP contribution in [0.5, 0.6) is 17.2 Å². The first kappa shape index (κ1) is 25.0. The summed E-state index contributed by atoms with van der Waals surface area (Å²) in [6.45, 7) is 4.14. The third kappa shape index (κ3) is 8.11. The van der Waals surface area contributed by atoms with E-state index in [-0.39, 0.29) is 29.3 Å². The predicted octanol–water partition coefficient (Wildman–Crippen LogP) is 4.60. The van der Waals surface area contributed by atoms with Gasteiger partial charge in [-0.25, -0.2) is 0 Å². The standard InChI is InChI=1S/C24H26O7S/c1-16(25)29-12-13-32-24(11-10-19-8-6-5-7-9-19)20-14-22(30-17(2)26)23(31-18(3)27)15-21(20)28-4/h5-11,14-15,24H,12-13H2,1-4H3/b11-10+. The van der Waals surface area contributed by atoms with Crippen molar-refractivity contribution in [3.05, 3.63) is 59.7 Å². The highest BCUT2D eigenvalue weighted by molar-refractivity contribution is 7.99. The lowest BCUT2D eigenvalue weighted by Gasteiger charge is -2.19. The first-order valence-corrected chi connectivity index (χ1v) is 10.9. The Hall–Kier alpha value is -3.26. The maximum Gasteiger partial charge on any atom is 0.308 e. The van der Waals surface area contributed by atoms with Gasteiger partial charge in [0.25, 0.3) is 0 Å². The number of ether oxygens (including phenoxy) is 4. The minimum absolute atomic E-state index is 0.0870. The Morgan fingerprint density at radius 3 is 2.09 bits per heavy atom. The average Bonchev–Trinajstić information content (AvgIpc) is 2.74. The van der Waals surface area contributed by atoms with Crippen molar-refractivity contribution in [2.75, 3.05) is 19.5 Å². The third-order valence-corrected chi connectivity index (χ3v) is 5.23. The lowest BCUT2D eigenvalue weighted by Crippen LogP contribution is -2.09. The summed E-state index contributed by atoms with van der Waals surface area (Å²) in [6, 6.07) is 12.9. The zero-order valence-electron chi connectivity index (χ0n) is 18.5. The van der Waals surface area contributed by atoms with Gasteiger partial charge >= 0.3 is 17.9 Å². The van der Waals surface area contributed by atoms with Crippen molar-refractivity contribution >= 4 is 35.7 Å². The van der Waals surface area contributed by atoms with Crippen LogP contribution in [0.25, 0.3) is 6.08 Å². The monoisotopic (exact) mass is 458 g/mol. The molecule has 0 heterocycles. The van der Waals surface area contributed by atoms with E-state index >= 15 is 0 Å². The summed E-state index contributed by atoms with van der Waals surface area (Å²) in [5.74, 6) is -0.257. The van der Waals surface area contributed by atoms with Gasteiger partial charge in [-0.05, 0) is 11.6 Å². The van der Waals surface area contributed by atoms with Gasteiger partial charge in [0.05, 0.1) is 12.4 Å². The lowest BCUT2D eigenvalue weighted by molar-refractivity contribution is -0.140. The van der Waals surface area contributed by atoms with Gasteiger partial charge in [0.15, 0.2) is 11.5 Å². The van der Waals surface area contributed by atoms with Gasteiger partial charge < -0.3 is 18.9 Å². The second kappa shape index (κ2) is 12.6. The molecule has 0 aliphatic carbocycles. The van der Waals surface area contributed by atoms with Crippen LogP contribution in [0.1, 0.15) is 37.1 Å². The molecule has 8 heteroatoms. The molecule has 1 atom stereocenters. The van der Waals surface area contributed by atoms with E-state index in [1.807, 2.05) is 42.5 Å². The molecular weight excluding hydrogens is 432 g/mol. The van der Waals surface area contributed by atoms with Crippen molar-refractivity contribution in [1.29, 1.82) is 0 Å². The molecule has 0 saturated heterocycles. The molecule has 2 rings (SSSR count).